The highest BCUT2D eigenvalue weighted by Crippen LogP contribution is 2.18. The maximum Gasteiger partial charge on any atom is 0.244 e. The summed E-state index contributed by atoms with van der Waals surface area (Å²) < 4.78 is 25.9. The first-order valence-corrected chi connectivity index (χ1v) is 12.1. The number of carbonyl (C=O) groups is 2. The predicted octanol–water partition coefficient (Wildman–Crippen LogP) is 2.78. The van der Waals surface area contributed by atoms with E-state index in [9.17, 15) is 18.0 Å². The number of nitrogens with one attached hydrogen (secondary N) is 1. The minimum atomic E-state index is -3.70. The molecule has 0 aromatic heterocycles. The topological polar surface area (TPSA) is 86.8 Å². The van der Waals surface area contributed by atoms with Gasteiger partial charge in [-0.1, -0.05) is 55.5 Å². The minimum Gasteiger partial charge on any atom is -0.352 e. The normalized spacial score (nSPS) is 13.2. The first-order chi connectivity index (χ1) is 14.6. The van der Waals surface area contributed by atoms with Gasteiger partial charge < -0.3 is 10.2 Å². The van der Waals surface area contributed by atoms with Crippen LogP contribution < -0.4 is 9.62 Å². The van der Waals surface area contributed by atoms with Crippen LogP contribution in [-0.4, -0.2) is 50.0 Å². The second kappa shape index (κ2) is 10.9. The average molecular weight is 446 g/mol. The van der Waals surface area contributed by atoms with Gasteiger partial charge in [-0.05, 0) is 38.0 Å². The number of sulfonamides is 1. The van der Waals surface area contributed by atoms with Gasteiger partial charge >= 0.3 is 0 Å². The van der Waals surface area contributed by atoms with Crippen LogP contribution in [0.5, 0.6) is 0 Å². The van der Waals surface area contributed by atoms with Crippen molar-refractivity contribution in [1.29, 1.82) is 0 Å². The first-order valence-electron chi connectivity index (χ1n) is 10.3. The van der Waals surface area contributed by atoms with Crippen LogP contribution >= 0.6 is 0 Å². The Morgan fingerprint density at radius 2 is 1.52 bits per heavy atom. The highest BCUT2D eigenvalue weighted by molar-refractivity contribution is 7.92. The van der Waals surface area contributed by atoms with Gasteiger partial charge in [-0.3, -0.25) is 13.9 Å². The van der Waals surface area contributed by atoms with Gasteiger partial charge in [0, 0.05) is 12.6 Å². The van der Waals surface area contributed by atoms with Crippen LogP contribution in [0.2, 0.25) is 0 Å². The third-order valence-electron chi connectivity index (χ3n) is 5.09. The number of hydrogen-bond acceptors (Lipinski definition) is 4. The van der Waals surface area contributed by atoms with Crippen molar-refractivity contribution in [3.05, 3.63) is 66.2 Å². The largest absolute Gasteiger partial charge is 0.352 e. The fraction of sp³-hybridized carbons (Fsp3) is 0.391. The molecule has 1 N–H and O–H groups in total. The average Bonchev–Trinajstić information content (AvgIpc) is 2.75. The van der Waals surface area contributed by atoms with Crippen LogP contribution in [0.4, 0.5) is 5.69 Å². The summed E-state index contributed by atoms with van der Waals surface area (Å²) in [6.07, 6.45) is 1.83. The number of nitrogens with zero attached hydrogens (tertiary/aromatic N) is 2. The lowest BCUT2D eigenvalue weighted by molar-refractivity contribution is -0.139. The van der Waals surface area contributed by atoms with E-state index < -0.39 is 28.5 Å². The third-order valence-corrected chi connectivity index (χ3v) is 6.23. The third kappa shape index (κ3) is 7.10. The molecule has 0 fully saturated rings. The number of carbonyl (C=O) groups excluding carboxylic acids is 2. The maximum atomic E-state index is 13.3. The van der Waals surface area contributed by atoms with Crippen LogP contribution in [0.3, 0.4) is 0 Å². The number of hydrogen-bond donors (Lipinski definition) is 1. The van der Waals surface area contributed by atoms with E-state index in [2.05, 4.69) is 5.32 Å². The molecule has 0 saturated heterocycles. The molecular formula is C23H31N3O4S. The van der Waals surface area contributed by atoms with E-state index in [-0.39, 0.29) is 18.5 Å². The summed E-state index contributed by atoms with van der Waals surface area (Å²) in [6, 6.07) is 17.0. The SMILES string of the molecule is CC[C@H](C)NC(=O)[C@@H](C)N(Cc1ccccc1)C(=O)CN(c1ccccc1)S(C)(=O)=O. The van der Waals surface area contributed by atoms with Crippen molar-refractivity contribution >= 4 is 27.5 Å². The van der Waals surface area contributed by atoms with E-state index in [1.165, 1.54) is 4.90 Å². The molecule has 0 aliphatic heterocycles. The number of anilines is 1. The molecule has 2 rings (SSSR count). The fourth-order valence-electron chi connectivity index (χ4n) is 3.04. The molecule has 2 aromatic carbocycles. The molecule has 2 atom stereocenters. The summed E-state index contributed by atoms with van der Waals surface area (Å²) in [7, 11) is -3.70. The molecule has 2 amide bonds. The van der Waals surface area contributed by atoms with Gasteiger partial charge in [0.15, 0.2) is 0 Å². The van der Waals surface area contributed by atoms with Gasteiger partial charge in [-0.15, -0.1) is 0 Å². The van der Waals surface area contributed by atoms with Crippen molar-refractivity contribution in [1.82, 2.24) is 10.2 Å². The summed E-state index contributed by atoms with van der Waals surface area (Å²) in [4.78, 5) is 27.5. The Kier molecular flexibility index (Phi) is 8.62. The highest BCUT2D eigenvalue weighted by Gasteiger charge is 2.30. The summed E-state index contributed by atoms with van der Waals surface area (Å²) in [5.41, 5.74) is 1.25. The van der Waals surface area contributed by atoms with Gasteiger partial charge in [0.2, 0.25) is 21.8 Å². The molecule has 0 aliphatic rings. The number of benzene rings is 2. The van der Waals surface area contributed by atoms with Crippen LogP contribution in [0.15, 0.2) is 60.7 Å². The summed E-state index contributed by atoms with van der Waals surface area (Å²) in [6.45, 7) is 5.32. The summed E-state index contributed by atoms with van der Waals surface area (Å²) >= 11 is 0. The van der Waals surface area contributed by atoms with Crippen molar-refractivity contribution in [3.63, 3.8) is 0 Å². The Balaban J connectivity index is 2.32. The van der Waals surface area contributed by atoms with Crippen LogP contribution in [0, 0.1) is 0 Å². The van der Waals surface area contributed by atoms with Gasteiger partial charge in [-0.25, -0.2) is 8.42 Å². The zero-order chi connectivity index (χ0) is 23.0. The molecule has 0 bridgehead atoms. The Morgan fingerprint density at radius 3 is 2.03 bits per heavy atom. The summed E-state index contributed by atoms with van der Waals surface area (Å²) in [5.74, 6) is -0.728. The number of amides is 2. The highest BCUT2D eigenvalue weighted by atomic mass is 32.2. The smallest absolute Gasteiger partial charge is 0.244 e. The van der Waals surface area contributed by atoms with Crippen molar-refractivity contribution < 1.29 is 18.0 Å². The van der Waals surface area contributed by atoms with E-state index in [1.54, 1.807) is 37.3 Å². The van der Waals surface area contributed by atoms with Crippen molar-refractivity contribution in [3.8, 4) is 0 Å². The van der Waals surface area contributed by atoms with E-state index >= 15 is 0 Å². The fourth-order valence-corrected chi connectivity index (χ4v) is 3.89. The molecule has 0 heterocycles. The summed E-state index contributed by atoms with van der Waals surface area (Å²) in [5, 5.41) is 2.90. The van der Waals surface area contributed by atoms with Crippen molar-refractivity contribution in [2.24, 2.45) is 0 Å². The first kappa shape index (κ1) is 24.4. The second-order valence-corrected chi connectivity index (χ2v) is 9.51. The molecule has 0 unspecified atom stereocenters. The quantitative estimate of drug-likeness (QED) is 0.609. The molecule has 0 saturated carbocycles. The second-order valence-electron chi connectivity index (χ2n) is 7.61. The van der Waals surface area contributed by atoms with Gasteiger partial charge in [0.05, 0.1) is 11.9 Å². The lowest BCUT2D eigenvalue weighted by Crippen LogP contribution is -2.52. The Labute approximate surface area is 185 Å². The van der Waals surface area contributed by atoms with Crippen molar-refractivity contribution in [2.45, 2.75) is 45.8 Å². The molecular weight excluding hydrogens is 414 g/mol. The van der Waals surface area contributed by atoms with E-state index in [0.29, 0.717) is 5.69 Å². The predicted molar refractivity (Wildman–Crippen MR) is 123 cm³/mol. The standard InChI is InChI=1S/C23H31N3O4S/c1-5-18(2)24-23(28)19(3)25(16-20-12-8-6-9-13-20)22(27)17-26(31(4,29)30)21-14-10-7-11-15-21/h6-15,18-19H,5,16-17H2,1-4H3,(H,24,28)/t18-,19+/m0/s1. The number of para-hydroxylation sites is 1. The molecule has 8 heteroatoms. The van der Waals surface area contributed by atoms with Gasteiger partial charge in [0.1, 0.15) is 12.6 Å². The molecule has 0 spiro atoms. The Hall–Kier alpha value is -2.87. The van der Waals surface area contributed by atoms with E-state index in [1.807, 2.05) is 44.2 Å². The zero-order valence-electron chi connectivity index (χ0n) is 18.5. The lowest BCUT2D eigenvalue weighted by Gasteiger charge is -2.32. The van der Waals surface area contributed by atoms with Crippen LogP contribution in [0.1, 0.15) is 32.8 Å². The number of rotatable bonds is 10. The van der Waals surface area contributed by atoms with Gasteiger partial charge in [0.25, 0.3) is 0 Å². The van der Waals surface area contributed by atoms with Crippen LogP contribution in [-0.2, 0) is 26.2 Å². The molecule has 0 aliphatic carbocycles. The molecule has 31 heavy (non-hydrogen) atoms. The zero-order valence-corrected chi connectivity index (χ0v) is 19.3. The molecule has 7 nitrogen and oxygen atoms in total. The Morgan fingerprint density at radius 1 is 0.968 bits per heavy atom. The maximum absolute atomic E-state index is 13.3. The molecule has 168 valence electrons. The molecule has 0 radical (unpaired) electrons. The van der Waals surface area contributed by atoms with Crippen LogP contribution in [0.25, 0.3) is 0 Å². The molecule has 2 aromatic rings. The van der Waals surface area contributed by atoms with Crippen molar-refractivity contribution in [2.75, 3.05) is 17.1 Å². The lowest BCUT2D eigenvalue weighted by atomic mass is 10.1. The van der Waals surface area contributed by atoms with E-state index in [4.69, 9.17) is 0 Å². The van der Waals surface area contributed by atoms with Gasteiger partial charge in [-0.2, -0.15) is 0 Å². The monoisotopic (exact) mass is 445 g/mol. The Bertz CT molecular complexity index is 965. The van der Waals surface area contributed by atoms with E-state index in [0.717, 1.165) is 22.5 Å². The minimum absolute atomic E-state index is 0.0273.